The normalized spacial score (nSPS) is 18.6. The lowest BCUT2D eigenvalue weighted by Crippen LogP contribution is -2.41. The third kappa shape index (κ3) is 3.64. The van der Waals surface area contributed by atoms with E-state index in [9.17, 15) is 14.9 Å². The van der Waals surface area contributed by atoms with Crippen LogP contribution in [0.15, 0.2) is 29.3 Å². The van der Waals surface area contributed by atoms with Crippen molar-refractivity contribution in [2.45, 2.75) is 12.8 Å². The molecule has 7 nitrogen and oxygen atoms in total. The molecule has 2 aliphatic rings. The number of amidine groups is 1. The van der Waals surface area contributed by atoms with Crippen LogP contribution >= 0.6 is 11.8 Å². The summed E-state index contributed by atoms with van der Waals surface area (Å²) in [6, 6.07) is 6.75. The number of amides is 1. The first-order chi connectivity index (χ1) is 11.1. The highest BCUT2D eigenvalue weighted by atomic mass is 32.2. The molecule has 3 rings (SSSR count). The van der Waals surface area contributed by atoms with Crippen molar-refractivity contribution in [1.82, 2.24) is 5.32 Å². The monoisotopic (exact) mass is 334 g/mol. The number of para-hydroxylation sites is 2. The smallest absolute Gasteiger partial charge is 0.292 e. The van der Waals surface area contributed by atoms with Gasteiger partial charge in [-0.05, 0) is 18.9 Å². The Morgan fingerprint density at radius 3 is 2.74 bits per heavy atom. The number of carbonyl (C=O) groups excluding carboxylic acids is 1. The van der Waals surface area contributed by atoms with Crippen LogP contribution in [0.5, 0.6) is 0 Å². The Kier molecular flexibility index (Phi) is 4.80. The lowest BCUT2D eigenvalue weighted by molar-refractivity contribution is -0.384. The van der Waals surface area contributed by atoms with Crippen LogP contribution in [-0.4, -0.2) is 41.4 Å². The minimum Gasteiger partial charge on any atom is -0.366 e. The number of piperidine rings is 1. The van der Waals surface area contributed by atoms with Crippen molar-refractivity contribution in [2.75, 3.05) is 30.3 Å². The number of hydrogen-bond donors (Lipinski definition) is 1. The molecule has 1 aromatic rings. The molecule has 0 aromatic heterocycles. The maximum absolute atomic E-state index is 12.2. The number of carbonyl (C=O) groups is 1. The van der Waals surface area contributed by atoms with Crippen LogP contribution in [0.1, 0.15) is 12.8 Å². The summed E-state index contributed by atoms with van der Waals surface area (Å²) in [6.45, 7) is 2.04. The van der Waals surface area contributed by atoms with E-state index in [-0.39, 0.29) is 22.4 Å². The van der Waals surface area contributed by atoms with E-state index in [0.29, 0.717) is 31.6 Å². The van der Waals surface area contributed by atoms with Gasteiger partial charge < -0.3 is 10.2 Å². The molecule has 0 radical (unpaired) electrons. The Morgan fingerprint density at radius 1 is 1.35 bits per heavy atom. The average Bonchev–Trinajstić information content (AvgIpc) is 3.08. The number of benzene rings is 1. The molecule has 0 unspecified atom stereocenters. The lowest BCUT2D eigenvalue weighted by atomic mass is 9.95. The molecule has 23 heavy (non-hydrogen) atoms. The van der Waals surface area contributed by atoms with Gasteiger partial charge in [0.15, 0.2) is 5.17 Å². The molecule has 8 heteroatoms. The number of anilines is 1. The van der Waals surface area contributed by atoms with Crippen molar-refractivity contribution in [2.24, 2.45) is 10.9 Å². The Morgan fingerprint density at radius 2 is 2.09 bits per heavy atom. The van der Waals surface area contributed by atoms with E-state index >= 15 is 0 Å². The third-order valence-electron chi connectivity index (χ3n) is 4.10. The minimum atomic E-state index is -0.358. The fourth-order valence-electron chi connectivity index (χ4n) is 2.89. The second-order valence-corrected chi connectivity index (χ2v) is 6.62. The predicted octanol–water partition coefficient (Wildman–Crippen LogP) is 2.03. The number of hydrogen-bond acceptors (Lipinski definition) is 6. The first-order valence-corrected chi connectivity index (χ1v) is 8.60. The molecule has 122 valence electrons. The van der Waals surface area contributed by atoms with E-state index in [4.69, 9.17) is 0 Å². The Labute approximate surface area is 138 Å². The number of nitro benzene ring substituents is 1. The van der Waals surface area contributed by atoms with Gasteiger partial charge in [0.1, 0.15) is 5.69 Å². The van der Waals surface area contributed by atoms with Gasteiger partial charge in [-0.15, -0.1) is 0 Å². The molecule has 1 N–H and O–H groups in total. The summed E-state index contributed by atoms with van der Waals surface area (Å²) < 4.78 is 0. The van der Waals surface area contributed by atoms with Crippen molar-refractivity contribution in [1.29, 1.82) is 0 Å². The summed E-state index contributed by atoms with van der Waals surface area (Å²) >= 11 is 1.57. The number of aliphatic imine (C=N–C) groups is 1. The van der Waals surface area contributed by atoms with E-state index in [1.807, 2.05) is 4.90 Å². The van der Waals surface area contributed by atoms with Crippen molar-refractivity contribution in [3.8, 4) is 0 Å². The Hall–Kier alpha value is -2.09. The molecule has 2 aliphatic heterocycles. The number of thioether (sulfide) groups is 1. The van der Waals surface area contributed by atoms with Gasteiger partial charge in [0.25, 0.3) is 5.69 Å². The zero-order valence-electron chi connectivity index (χ0n) is 12.6. The van der Waals surface area contributed by atoms with Gasteiger partial charge in [-0.2, -0.15) is 0 Å². The highest BCUT2D eigenvalue weighted by Gasteiger charge is 2.28. The largest absolute Gasteiger partial charge is 0.366 e. The molecule has 1 aromatic carbocycles. The molecule has 0 saturated carbocycles. The van der Waals surface area contributed by atoms with Gasteiger partial charge in [0.2, 0.25) is 5.91 Å². The van der Waals surface area contributed by atoms with Crippen LogP contribution in [0.25, 0.3) is 0 Å². The van der Waals surface area contributed by atoms with E-state index in [2.05, 4.69) is 10.3 Å². The first-order valence-electron chi connectivity index (χ1n) is 7.61. The molecule has 2 heterocycles. The van der Waals surface area contributed by atoms with Crippen LogP contribution < -0.4 is 10.2 Å². The quantitative estimate of drug-likeness (QED) is 0.675. The molecular weight excluding hydrogens is 316 g/mol. The maximum Gasteiger partial charge on any atom is 0.292 e. The van der Waals surface area contributed by atoms with E-state index in [0.717, 1.165) is 17.5 Å². The standard InChI is InChI=1S/C15H18N4O3S/c20-14(17-15-16-7-10-23-15)11-5-8-18(9-6-11)12-3-1-2-4-13(12)19(21)22/h1-4,11H,5-10H2,(H,16,17,20). The maximum atomic E-state index is 12.2. The van der Waals surface area contributed by atoms with E-state index in [1.165, 1.54) is 6.07 Å². The summed E-state index contributed by atoms with van der Waals surface area (Å²) in [4.78, 5) is 29.2. The molecule has 0 atom stereocenters. The summed E-state index contributed by atoms with van der Waals surface area (Å²) in [5, 5.41) is 14.7. The van der Waals surface area contributed by atoms with Gasteiger partial charge in [0.05, 0.1) is 11.5 Å². The third-order valence-corrected chi connectivity index (χ3v) is 4.99. The van der Waals surface area contributed by atoms with E-state index < -0.39 is 0 Å². The van der Waals surface area contributed by atoms with Crippen LogP contribution in [0.2, 0.25) is 0 Å². The number of nitrogens with zero attached hydrogens (tertiary/aromatic N) is 3. The van der Waals surface area contributed by atoms with Crippen LogP contribution in [0, 0.1) is 16.0 Å². The SMILES string of the molecule is O=C(NC1=NCCS1)C1CCN(c2ccccc2[N+](=O)[O-])CC1. The molecule has 0 bridgehead atoms. The van der Waals surface area contributed by atoms with Gasteiger partial charge >= 0.3 is 0 Å². The Bertz CT molecular complexity index is 641. The summed E-state index contributed by atoms with van der Waals surface area (Å²) in [5.41, 5.74) is 0.749. The first kappa shape index (κ1) is 15.8. The second-order valence-electron chi connectivity index (χ2n) is 5.53. The van der Waals surface area contributed by atoms with Gasteiger partial charge in [0, 0.05) is 30.8 Å². The fourth-order valence-corrected chi connectivity index (χ4v) is 3.62. The molecule has 1 fully saturated rings. The van der Waals surface area contributed by atoms with Crippen LogP contribution in [0.4, 0.5) is 11.4 Å². The average molecular weight is 334 g/mol. The summed E-state index contributed by atoms with van der Waals surface area (Å²) in [5.74, 6) is 0.879. The second kappa shape index (κ2) is 6.99. The highest BCUT2D eigenvalue weighted by Crippen LogP contribution is 2.31. The lowest BCUT2D eigenvalue weighted by Gasteiger charge is -2.32. The topological polar surface area (TPSA) is 87.8 Å². The summed E-state index contributed by atoms with van der Waals surface area (Å²) in [6.07, 6.45) is 1.38. The molecule has 1 amide bonds. The molecular formula is C15H18N4O3S. The van der Waals surface area contributed by atoms with Crippen molar-refractivity contribution < 1.29 is 9.72 Å². The molecule has 0 aliphatic carbocycles. The predicted molar refractivity (Wildman–Crippen MR) is 90.9 cm³/mol. The van der Waals surface area contributed by atoms with Crippen molar-refractivity contribution in [3.05, 3.63) is 34.4 Å². The van der Waals surface area contributed by atoms with E-state index in [1.54, 1.807) is 30.0 Å². The van der Waals surface area contributed by atoms with Crippen LogP contribution in [-0.2, 0) is 4.79 Å². The molecule has 0 spiro atoms. The highest BCUT2D eigenvalue weighted by molar-refractivity contribution is 8.14. The minimum absolute atomic E-state index is 0.0142. The molecule has 1 saturated heterocycles. The zero-order valence-corrected chi connectivity index (χ0v) is 13.4. The number of nitrogens with one attached hydrogen (secondary N) is 1. The van der Waals surface area contributed by atoms with Gasteiger partial charge in [-0.25, -0.2) is 0 Å². The van der Waals surface area contributed by atoms with Gasteiger partial charge in [-0.3, -0.25) is 19.9 Å². The van der Waals surface area contributed by atoms with Crippen LogP contribution in [0.3, 0.4) is 0 Å². The van der Waals surface area contributed by atoms with Gasteiger partial charge in [-0.1, -0.05) is 23.9 Å². The Balaban J connectivity index is 1.60. The fraction of sp³-hybridized carbons (Fsp3) is 0.467. The zero-order chi connectivity index (χ0) is 16.2. The number of nitro groups is 1. The van der Waals surface area contributed by atoms with Crippen molar-refractivity contribution >= 4 is 34.2 Å². The summed E-state index contributed by atoms with van der Waals surface area (Å²) in [7, 11) is 0. The number of rotatable bonds is 3. The van der Waals surface area contributed by atoms with Crippen molar-refractivity contribution in [3.63, 3.8) is 0 Å².